The highest BCUT2D eigenvalue weighted by Crippen LogP contribution is 2.51. The van der Waals surface area contributed by atoms with E-state index in [1.165, 1.54) is 55.4 Å². The minimum Gasteiger partial charge on any atom is -0.462 e. The van der Waals surface area contributed by atoms with Crippen LogP contribution < -0.4 is 0 Å². The lowest BCUT2D eigenvalue weighted by Gasteiger charge is -2.37. The van der Waals surface area contributed by atoms with E-state index >= 15 is 0 Å². The van der Waals surface area contributed by atoms with Crippen LogP contribution >= 0.6 is 0 Å². The van der Waals surface area contributed by atoms with Crippen LogP contribution in [0.4, 0.5) is 105 Å². The monoisotopic (exact) mass is 1930 g/mol. The van der Waals surface area contributed by atoms with Gasteiger partial charge in [0.05, 0.1) is 21.7 Å². The van der Waals surface area contributed by atoms with Gasteiger partial charge in [-0.1, -0.05) is 66.2 Å². The molecule has 0 aromatic rings. The highest BCUT2D eigenvalue weighted by molar-refractivity contribution is 8.11. The number of hydrogen-bond donors (Lipinski definition) is 0. The molecule has 118 heavy (non-hydrogen) atoms. The van der Waals surface area contributed by atoms with Crippen molar-refractivity contribution < 1.29 is 211 Å². The molecule has 56 heteroatoms. The van der Waals surface area contributed by atoms with Crippen LogP contribution in [-0.2, 0) is 117 Å². The number of sulfone groups is 8. The van der Waals surface area contributed by atoms with Gasteiger partial charge in [-0.15, -0.1) is 0 Å². The van der Waals surface area contributed by atoms with Gasteiger partial charge in [-0.25, -0.2) is 67.3 Å². The maximum absolute atomic E-state index is 13.2. The first-order chi connectivity index (χ1) is 52.2. The topological polar surface area (TPSA) is 378 Å². The summed E-state index contributed by atoms with van der Waals surface area (Å²) in [6.07, 6.45) is -7.81. The zero-order valence-corrected chi connectivity index (χ0v) is 71.2. The third-order valence-corrected chi connectivity index (χ3v) is 39.7. The Morgan fingerprint density at radius 3 is 0.500 bits per heavy atom. The predicted octanol–water partition coefficient (Wildman–Crippen LogP) is 15.7. The van der Waals surface area contributed by atoms with Crippen LogP contribution in [-0.4, -0.2) is 178 Å². The van der Waals surface area contributed by atoms with Crippen LogP contribution in [0.15, 0.2) is 0 Å². The minimum atomic E-state index is -6.82. The average molecular weight is 1930 g/mol. The summed E-state index contributed by atoms with van der Waals surface area (Å²) in [7, 11) is -54.4. The molecule has 0 aliphatic heterocycles. The van der Waals surface area contributed by atoms with Crippen molar-refractivity contribution in [1.29, 1.82) is 0 Å². The van der Waals surface area contributed by atoms with Crippen molar-refractivity contribution in [3.63, 3.8) is 0 Å². The van der Waals surface area contributed by atoms with Crippen molar-refractivity contribution >= 4 is 103 Å². The summed E-state index contributed by atoms with van der Waals surface area (Å²) in [5.74, 6) is -12.7. The number of carbonyl (C=O) groups is 4. The number of ether oxygens (including phenoxy) is 4. The van der Waals surface area contributed by atoms with Crippen molar-refractivity contribution in [2.75, 3.05) is 0 Å². The summed E-state index contributed by atoms with van der Waals surface area (Å²) in [6, 6.07) is 0. The van der Waals surface area contributed by atoms with Gasteiger partial charge in [-0.3, -0.25) is 19.2 Å². The molecule has 4 rings (SSSR count). The Balaban J connectivity index is 0.000000787. The van der Waals surface area contributed by atoms with E-state index in [0.717, 1.165) is 0 Å². The number of carbonyl (C=O) groups excluding carboxylic acids is 4. The van der Waals surface area contributed by atoms with E-state index in [0.29, 0.717) is 19.3 Å². The van der Waals surface area contributed by atoms with Crippen LogP contribution in [0.2, 0.25) is 0 Å². The van der Waals surface area contributed by atoms with Gasteiger partial charge in [0, 0.05) is 23.7 Å². The van der Waals surface area contributed by atoms with E-state index in [2.05, 4.69) is 0 Å². The van der Waals surface area contributed by atoms with Crippen molar-refractivity contribution in [3.8, 4) is 0 Å². The molecular formula is C62H92F24O24S8. The molecule has 8 unspecified atom stereocenters. The van der Waals surface area contributed by atoms with Crippen LogP contribution in [0.3, 0.4) is 0 Å². The lowest BCUT2D eigenvalue weighted by atomic mass is 9.86. The maximum Gasteiger partial charge on any atom is 0.498 e. The average Bonchev–Trinajstić information content (AvgIpc) is 0.947. The zero-order valence-electron chi connectivity index (χ0n) is 64.6. The van der Waals surface area contributed by atoms with Gasteiger partial charge in [0.1, 0.15) is 24.4 Å². The molecule has 4 fully saturated rings. The Kier molecular flexibility index (Phi) is 37.1. The Morgan fingerprint density at radius 2 is 0.347 bits per heavy atom. The first-order valence-corrected chi connectivity index (χ1v) is 47.8. The van der Waals surface area contributed by atoms with Crippen molar-refractivity contribution in [2.45, 2.75) is 311 Å². The van der Waals surface area contributed by atoms with E-state index in [4.69, 9.17) is 18.9 Å². The highest BCUT2D eigenvalue weighted by Gasteiger charge is 2.71. The van der Waals surface area contributed by atoms with Crippen molar-refractivity contribution in [3.05, 3.63) is 0 Å². The smallest absolute Gasteiger partial charge is 0.462 e. The number of hydrogen-bond acceptors (Lipinski definition) is 24. The van der Waals surface area contributed by atoms with Crippen LogP contribution in [0.25, 0.3) is 0 Å². The molecule has 8 atom stereocenters. The second kappa shape index (κ2) is 39.1. The maximum atomic E-state index is 13.2. The van der Waals surface area contributed by atoms with Gasteiger partial charge < -0.3 is 18.9 Å². The Hall–Kier alpha value is -4.20. The van der Waals surface area contributed by atoms with Gasteiger partial charge in [0.15, 0.2) is 18.3 Å². The van der Waals surface area contributed by atoms with E-state index in [1.54, 1.807) is 27.7 Å². The van der Waals surface area contributed by atoms with Gasteiger partial charge in [-0.05, 0) is 158 Å². The minimum absolute atomic E-state index is 0.0207. The van der Waals surface area contributed by atoms with Gasteiger partial charge in [0.25, 0.3) is 78.7 Å². The molecule has 24 nitrogen and oxygen atoms in total. The molecule has 0 bridgehead atoms. The van der Waals surface area contributed by atoms with E-state index in [1.807, 2.05) is 0 Å². The Labute approximate surface area is 666 Å². The van der Waals surface area contributed by atoms with Gasteiger partial charge in [-0.2, -0.15) is 105 Å². The summed E-state index contributed by atoms with van der Waals surface area (Å²) >= 11 is 0. The fraction of sp³-hybridized carbons (Fsp3) is 0.935. The fourth-order valence-corrected chi connectivity index (χ4v) is 28.3. The van der Waals surface area contributed by atoms with Gasteiger partial charge in [0.2, 0.25) is 0 Å². The SMILES string of the molecule is CCC(C)(C)C(=O)OC1CCCC1C(S(=O)(=O)C(F)(F)F)S(=O)(=O)C(F)(F)F.CCC(C)(C)C(=O)OC1CCCCC1C(S(=O)(=O)C(F)(F)F)S(=O)(=O)C(F)(F)F.CCC(C)(C)C(=O)OC1CCCCCC1C(S(=O)(=O)C(F)(F)F)S(=O)(=O)C(F)(F)F.CCC(C)(C)C(=O)OC1CCCCCCC1C(S(=O)(=O)C(F)(F)F)S(=O)(=O)C(F)(F)F. The normalized spacial score (nSPS) is 22.6. The molecule has 0 aromatic carbocycles. The molecule has 0 heterocycles. The van der Waals surface area contributed by atoms with Gasteiger partial charge >= 0.3 is 67.9 Å². The third kappa shape index (κ3) is 26.0. The molecule has 700 valence electrons. The molecule has 0 aromatic heterocycles. The number of alkyl halides is 24. The highest BCUT2D eigenvalue weighted by atomic mass is 32.3. The fourth-order valence-electron chi connectivity index (χ4n) is 12.0. The van der Waals surface area contributed by atoms with Crippen LogP contribution in [0.1, 0.15) is 224 Å². The molecule has 0 spiro atoms. The standard InChI is InChI=1S/C17H26F6O6S2.C16H24F6O6S2.C15H22F6O6S2.C14H20F6O6S2/c1-4-15(2,3)14(24)29-12-10-8-6-5-7-9-11(12)13(30(25,26)16(18,19)20)31(27,28)17(21,22)23;1-4-14(2,3)13(23)28-11-9-7-5-6-8-10(11)12(29(24,25)15(17,18)19)30(26,27)16(20,21)22;1-4-13(2,3)12(22)27-10-8-6-5-7-9(10)11(28(23,24)14(16,17)18)29(25,26)15(19,20)21;1-4-12(2,3)11(21)26-9-7-5-6-8(9)10(27(22,23)13(15,16)17)28(24,25)14(18,19)20/h11-13H,4-10H2,1-3H3;10-12H,4-9H2,1-3H3;9-11H,4-8H2,1-3H3;8-10H,4-7H2,1-3H3. The molecule has 4 aliphatic carbocycles. The number of rotatable bonds is 24. The summed E-state index contributed by atoms with van der Waals surface area (Å²) in [5, 5.41) is 0. The predicted molar refractivity (Wildman–Crippen MR) is 368 cm³/mol. The van der Waals surface area contributed by atoms with E-state index in [9.17, 15) is 192 Å². The Bertz CT molecular complexity index is 4220. The summed E-state index contributed by atoms with van der Waals surface area (Å²) in [5.41, 5.74) is -54.6. The summed E-state index contributed by atoms with van der Waals surface area (Å²) in [4.78, 5) is 49.2. The van der Waals surface area contributed by atoms with Crippen molar-refractivity contribution in [1.82, 2.24) is 0 Å². The second-order valence-corrected chi connectivity index (χ2v) is 48.3. The first kappa shape index (κ1) is 112. The first-order valence-electron chi connectivity index (χ1n) is 35.5. The largest absolute Gasteiger partial charge is 0.498 e. The van der Waals surface area contributed by atoms with Crippen LogP contribution in [0.5, 0.6) is 0 Å². The molecule has 0 N–H and O–H groups in total. The molecule has 4 saturated carbocycles. The summed E-state index contributed by atoms with van der Waals surface area (Å²) < 4.78 is 510. The quantitative estimate of drug-likeness (QED) is 0.0375. The molecule has 0 radical (unpaired) electrons. The lowest BCUT2D eigenvalue weighted by molar-refractivity contribution is -0.164. The lowest BCUT2D eigenvalue weighted by Crippen LogP contribution is -2.53. The molecule has 0 amide bonds. The number of esters is 4. The molecular weight excluding hydrogens is 1840 g/mol. The Morgan fingerprint density at radius 1 is 0.229 bits per heavy atom. The molecule has 0 saturated heterocycles. The van der Waals surface area contributed by atoms with Crippen LogP contribution in [0, 0.1) is 45.3 Å². The second-order valence-electron chi connectivity index (χ2n) is 30.6. The number of halogens is 24. The summed E-state index contributed by atoms with van der Waals surface area (Å²) in [6.45, 7) is 17.8. The van der Waals surface area contributed by atoms with E-state index < -0.39 is 260 Å². The molecule has 4 aliphatic rings. The van der Waals surface area contributed by atoms with E-state index in [-0.39, 0.29) is 96.3 Å². The zero-order chi connectivity index (χ0) is 93.6. The van der Waals surface area contributed by atoms with Crippen molar-refractivity contribution in [2.24, 2.45) is 45.3 Å². The third-order valence-electron chi connectivity index (χ3n) is 20.7.